The van der Waals surface area contributed by atoms with Crippen LogP contribution in [0.25, 0.3) is 25.1 Å². The van der Waals surface area contributed by atoms with Gasteiger partial charge in [-0.1, -0.05) is 0 Å². The highest BCUT2D eigenvalue weighted by Crippen LogP contribution is 2.50. The van der Waals surface area contributed by atoms with Crippen molar-refractivity contribution < 1.29 is 30.7 Å². The van der Waals surface area contributed by atoms with E-state index < -0.39 is 39.8 Å². The van der Waals surface area contributed by atoms with Crippen LogP contribution in [0.15, 0.2) is 60.7 Å². The second-order valence-electron chi connectivity index (χ2n) is 6.18. The van der Waals surface area contributed by atoms with E-state index in [-0.39, 0.29) is 10.8 Å². The molecule has 0 N–H and O–H groups in total. The first-order valence-corrected chi connectivity index (χ1v) is 9.21. The van der Waals surface area contributed by atoms with Crippen molar-refractivity contribution in [1.29, 1.82) is 0 Å². The van der Waals surface area contributed by atoms with E-state index in [9.17, 15) is 30.7 Å². The number of hydrogen-bond donors (Lipinski definition) is 0. The molecule has 1 heterocycles. The average molecular weight is 415 g/mol. The molecule has 4 aromatic rings. The van der Waals surface area contributed by atoms with Gasteiger partial charge in [-0.25, -0.2) is 4.39 Å². The molecule has 0 radical (unpaired) electrons. The maximum atomic E-state index is 13.3. The SMILES string of the molecule is Fc1ccc(-[s+]2c3ccc(C(F)(F)F)cc3c3cc(C(F)(F)F)ccc32)cc1. The van der Waals surface area contributed by atoms with Crippen LogP contribution in [0.5, 0.6) is 0 Å². The Bertz CT molecular complexity index is 1110. The van der Waals surface area contributed by atoms with Gasteiger partial charge in [0.1, 0.15) is 5.82 Å². The Balaban J connectivity index is 2.11. The zero-order chi connectivity index (χ0) is 20.3. The van der Waals surface area contributed by atoms with Gasteiger partial charge in [0.25, 0.3) is 0 Å². The molecule has 1 aromatic heterocycles. The van der Waals surface area contributed by atoms with Crippen molar-refractivity contribution in [2.75, 3.05) is 0 Å². The zero-order valence-electron chi connectivity index (χ0n) is 13.8. The predicted octanol–water partition coefficient (Wildman–Crippen LogP) is 7.91. The largest absolute Gasteiger partial charge is 0.416 e. The monoisotopic (exact) mass is 415 g/mol. The van der Waals surface area contributed by atoms with Gasteiger partial charge in [-0.3, -0.25) is 0 Å². The molecule has 0 saturated heterocycles. The summed E-state index contributed by atoms with van der Waals surface area (Å²) in [6.45, 7) is 0. The molecule has 0 nitrogen and oxygen atoms in total. The lowest BCUT2D eigenvalue weighted by molar-refractivity contribution is -0.138. The van der Waals surface area contributed by atoms with E-state index in [0.717, 1.165) is 24.3 Å². The lowest BCUT2D eigenvalue weighted by Gasteiger charge is -2.06. The van der Waals surface area contributed by atoms with Gasteiger partial charge in [0, 0.05) is 33.4 Å². The Kier molecular flexibility index (Phi) is 4.15. The minimum Gasteiger partial charge on any atom is -0.207 e. The Hall–Kier alpha value is -2.61. The summed E-state index contributed by atoms with van der Waals surface area (Å²) in [5.41, 5.74) is -1.86. The molecule has 0 spiro atoms. The Labute approximate surface area is 156 Å². The number of halogens is 7. The van der Waals surface area contributed by atoms with Crippen LogP contribution in [0.1, 0.15) is 11.1 Å². The Morgan fingerprint density at radius 3 is 1.39 bits per heavy atom. The van der Waals surface area contributed by atoms with Crippen LogP contribution in [0, 0.1) is 5.82 Å². The number of benzene rings is 3. The molecule has 4 rings (SSSR count). The summed E-state index contributed by atoms with van der Waals surface area (Å²) in [5, 5.41) is 0.229. The maximum absolute atomic E-state index is 13.3. The molecule has 28 heavy (non-hydrogen) atoms. The highest BCUT2D eigenvalue weighted by molar-refractivity contribution is 7.50. The van der Waals surface area contributed by atoms with Gasteiger partial charge < -0.3 is 0 Å². The third kappa shape index (κ3) is 3.11. The molecule has 0 saturated carbocycles. The molecule has 0 unspecified atom stereocenters. The van der Waals surface area contributed by atoms with Crippen LogP contribution in [-0.4, -0.2) is 0 Å². The minimum atomic E-state index is -4.62. The number of alkyl halides is 6. The summed E-state index contributed by atoms with van der Waals surface area (Å²) in [6, 6.07) is 11.6. The van der Waals surface area contributed by atoms with Crippen LogP contribution in [0.3, 0.4) is 0 Å². The van der Waals surface area contributed by atoms with Gasteiger partial charge in [0.2, 0.25) is 0 Å². The molecule has 0 aliphatic heterocycles. The van der Waals surface area contributed by atoms with Gasteiger partial charge in [0.05, 0.1) is 11.1 Å². The summed E-state index contributed by atoms with van der Waals surface area (Å²) in [5.74, 6) is -0.480. The van der Waals surface area contributed by atoms with Gasteiger partial charge in [-0.2, -0.15) is 26.3 Å². The average Bonchev–Trinajstić information content (AvgIpc) is 2.94. The van der Waals surface area contributed by atoms with Crippen molar-refractivity contribution >= 4 is 30.6 Å². The molecule has 3 aromatic carbocycles. The summed E-state index contributed by atoms with van der Waals surface area (Å²) >= 11 is 0. The van der Waals surface area contributed by atoms with Gasteiger partial charge in [-0.15, -0.1) is 0 Å². The van der Waals surface area contributed by atoms with E-state index in [4.69, 9.17) is 0 Å². The summed E-state index contributed by atoms with van der Waals surface area (Å²) in [4.78, 5) is 0.612. The maximum Gasteiger partial charge on any atom is 0.416 e. The molecule has 0 amide bonds. The first-order valence-electron chi connectivity index (χ1n) is 7.98. The van der Waals surface area contributed by atoms with Crippen molar-refractivity contribution in [1.82, 2.24) is 0 Å². The van der Waals surface area contributed by atoms with Gasteiger partial charge >= 0.3 is 12.4 Å². The van der Waals surface area contributed by atoms with Crippen molar-refractivity contribution in [3.05, 3.63) is 77.6 Å². The normalized spacial score (nSPS) is 12.8. The fourth-order valence-corrected chi connectivity index (χ4v) is 5.47. The van der Waals surface area contributed by atoms with Gasteiger partial charge in [-0.05, 0) is 48.5 Å². The van der Waals surface area contributed by atoms with Crippen molar-refractivity contribution in [3.63, 3.8) is 0 Å². The highest BCUT2D eigenvalue weighted by atomic mass is 32.2. The van der Waals surface area contributed by atoms with E-state index in [1.54, 1.807) is 0 Å². The van der Waals surface area contributed by atoms with Crippen LogP contribution in [-0.2, 0) is 12.4 Å². The van der Waals surface area contributed by atoms with Crippen LogP contribution in [0.4, 0.5) is 30.7 Å². The smallest absolute Gasteiger partial charge is 0.207 e. The second kappa shape index (κ2) is 6.20. The minimum absolute atomic E-state index is 0.114. The molecule has 8 heteroatoms. The first-order chi connectivity index (χ1) is 13.1. The highest BCUT2D eigenvalue weighted by Gasteiger charge is 2.35. The van der Waals surface area contributed by atoms with Crippen LogP contribution in [0.2, 0.25) is 0 Å². The molecule has 0 aliphatic rings. The van der Waals surface area contributed by atoms with Gasteiger partial charge in [0.15, 0.2) is 14.3 Å². The number of rotatable bonds is 1. The van der Waals surface area contributed by atoms with E-state index in [1.165, 1.54) is 36.4 Å². The molecule has 144 valence electrons. The molecular formula is C20H10F7S+. The zero-order valence-corrected chi connectivity index (χ0v) is 14.6. The fraction of sp³-hybridized carbons (Fsp3) is 0.100. The number of hydrogen-bond acceptors (Lipinski definition) is 0. The molecule has 0 aliphatic carbocycles. The second-order valence-corrected chi connectivity index (χ2v) is 8.14. The van der Waals surface area contributed by atoms with E-state index in [2.05, 4.69) is 0 Å². The molecule has 0 bridgehead atoms. The first kappa shape index (κ1) is 18.7. The summed E-state index contributed by atoms with van der Waals surface area (Å²) in [6.07, 6.45) is -9.23. The molecule has 0 atom stereocenters. The topological polar surface area (TPSA) is 0 Å². The third-order valence-corrected chi connectivity index (χ3v) is 6.73. The third-order valence-electron chi connectivity index (χ3n) is 4.39. The lowest BCUT2D eigenvalue weighted by atomic mass is 10.1. The van der Waals surface area contributed by atoms with Crippen LogP contribution < -0.4 is 0 Å². The molecule has 0 fully saturated rings. The fourth-order valence-electron chi connectivity index (χ4n) is 3.13. The Morgan fingerprint density at radius 1 is 0.571 bits per heavy atom. The van der Waals surface area contributed by atoms with Crippen molar-refractivity contribution in [2.24, 2.45) is 0 Å². The predicted molar refractivity (Wildman–Crippen MR) is 95.2 cm³/mol. The standard InChI is InChI=1S/C20H10F7S/c21-13-3-5-14(6-4-13)28-17-7-1-11(19(22,23)24)9-15(17)16-10-12(20(25,26)27)2-8-18(16)28/h1-10H/q+1. The van der Waals surface area contributed by atoms with Crippen molar-refractivity contribution in [3.8, 4) is 4.90 Å². The Morgan fingerprint density at radius 2 is 1.00 bits per heavy atom. The van der Waals surface area contributed by atoms with Crippen LogP contribution >= 0.6 is 10.5 Å². The number of fused-ring (bicyclic) bond motifs is 3. The van der Waals surface area contributed by atoms with E-state index >= 15 is 0 Å². The molecular weight excluding hydrogens is 405 g/mol. The van der Waals surface area contributed by atoms with E-state index in [1.807, 2.05) is 0 Å². The quantitative estimate of drug-likeness (QED) is 0.219. The summed E-state index contributed by atoms with van der Waals surface area (Å²) in [7, 11) is -0.920. The summed E-state index contributed by atoms with van der Waals surface area (Å²) < 4.78 is 93.1. The lowest BCUT2D eigenvalue weighted by Crippen LogP contribution is -2.04. The number of thiophene rings is 1. The van der Waals surface area contributed by atoms with Crippen molar-refractivity contribution in [2.45, 2.75) is 12.4 Å². The van der Waals surface area contributed by atoms with E-state index in [0.29, 0.717) is 14.3 Å².